The van der Waals surface area contributed by atoms with E-state index in [2.05, 4.69) is 0 Å². The number of fused-ring (bicyclic) bond motifs is 1. The SMILES string of the molecule is OCCc1ccc2sccc2c1F. The maximum Gasteiger partial charge on any atom is 0.135 e. The predicted molar refractivity (Wildman–Crippen MR) is 52.6 cm³/mol. The van der Waals surface area contributed by atoms with Gasteiger partial charge in [-0.15, -0.1) is 11.3 Å². The lowest BCUT2D eigenvalue weighted by Gasteiger charge is -2.01. The van der Waals surface area contributed by atoms with Gasteiger partial charge in [0.1, 0.15) is 5.82 Å². The first-order valence-electron chi connectivity index (χ1n) is 4.08. The smallest absolute Gasteiger partial charge is 0.135 e. The largest absolute Gasteiger partial charge is 0.396 e. The van der Waals surface area contributed by atoms with Crippen LogP contribution in [0, 0.1) is 5.82 Å². The second-order valence-corrected chi connectivity index (χ2v) is 3.79. The molecule has 0 unspecified atom stereocenters. The van der Waals surface area contributed by atoms with Gasteiger partial charge in [-0.1, -0.05) is 6.07 Å². The fraction of sp³-hybridized carbons (Fsp3) is 0.200. The van der Waals surface area contributed by atoms with Gasteiger partial charge in [0, 0.05) is 16.7 Å². The normalized spacial score (nSPS) is 10.9. The highest BCUT2D eigenvalue weighted by molar-refractivity contribution is 7.17. The highest BCUT2D eigenvalue weighted by atomic mass is 32.1. The molecule has 0 aliphatic carbocycles. The van der Waals surface area contributed by atoms with Crippen LogP contribution in [0.5, 0.6) is 0 Å². The molecule has 1 heterocycles. The van der Waals surface area contributed by atoms with Gasteiger partial charge in [0.25, 0.3) is 0 Å². The molecule has 0 saturated carbocycles. The van der Waals surface area contributed by atoms with Crippen molar-refractivity contribution in [2.24, 2.45) is 0 Å². The standard InChI is InChI=1S/C10H9FOS/c11-10-7(3-5-12)1-2-9-8(10)4-6-13-9/h1-2,4,6,12H,3,5H2. The Morgan fingerprint density at radius 2 is 2.15 bits per heavy atom. The zero-order valence-electron chi connectivity index (χ0n) is 6.96. The zero-order valence-corrected chi connectivity index (χ0v) is 7.77. The summed E-state index contributed by atoms with van der Waals surface area (Å²) in [6.45, 7) is -0.00738. The van der Waals surface area contributed by atoms with Crippen molar-refractivity contribution >= 4 is 21.4 Å². The number of aliphatic hydroxyl groups excluding tert-OH is 1. The van der Waals surface area contributed by atoms with E-state index in [4.69, 9.17) is 5.11 Å². The van der Waals surface area contributed by atoms with Crippen molar-refractivity contribution in [1.82, 2.24) is 0 Å². The van der Waals surface area contributed by atoms with Crippen molar-refractivity contribution in [1.29, 1.82) is 0 Å². The molecule has 2 rings (SSSR count). The minimum absolute atomic E-state index is 0.00738. The van der Waals surface area contributed by atoms with E-state index < -0.39 is 0 Å². The van der Waals surface area contributed by atoms with Crippen molar-refractivity contribution in [3.05, 3.63) is 35.0 Å². The number of thiophene rings is 1. The van der Waals surface area contributed by atoms with Crippen molar-refractivity contribution in [3.63, 3.8) is 0 Å². The van der Waals surface area contributed by atoms with Gasteiger partial charge >= 0.3 is 0 Å². The third kappa shape index (κ3) is 1.45. The molecule has 0 aliphatic heterocycles. The van der Waals surface area contributed by atoms with Gasteiger partial charge < -0.3 is 5.11 Å². The molecule has 0 radical (unpaired) electrons. The minimum atomic E-state index is -0.187. The summed E-state index contributed by atoms with van der Waals surface area (Å²) in [6, 6.07) is 5.41. The molecule has 3 heteroatoms. The summed E-state index contributed by atoms with van der Waals surface area (Å²) in [5.41, 5.74) is 0.591. The maximum absolute atomic E-state index is 13.6. The molecule has 0 saturated heterocycles. The lowest BCUT2D eigenvalue weighted by atomic mass is 10.1. The summed E-state index contributed by atoms with van der Waals surface area (Å²) < 4.78 is 14.5. The highest BCUT2D eigenvalue weighted by Gasteiger charge is 2.06. The molecule has 68 valence electrons. The van der Waals surface area contributed by atoms with E-state index in [1.165, 1.54) is 11.3 Å². The Labute approximate surface area is 79.4 Å². The number of aliphatic hydroxyl groups is 1. The quantitative estimate of drug-likeness (QED) is 0.782. The highest BCUT2D eigenvalue weighted by Crippen LogP contribution is 2.25. The third-order valence-corrected chi connectivity index (χ3v) is 2.91. The van der Waals surface area contributed by atoms with E-state index >= 15 is 0 Å². The molecule has 0 fully saturated rings. The van der Waals surface area contributed by atoms with Gasteiger partial charge in [0.2, 0.25) is 0 Å². The average Bonchev–Trinajstić information content (AvgIpc) is 2.58. The van der Waals surface area contributed by atoms with E-state index in [1.54, 1.807) is 12.1 Å². The average molecular weight is 196 g/mol. The van der Waals surface area contributed by atoms with Crippen LogP contribution in [0.25, 0.3) is 10.1 Å². The maximum atomic E-state index is 13.6. The van der Waals surface area contributed by atoms with Crippen molar-refractivity contribution in [3.8, 4) is 0 Å². The second-order valence-electron chi connectivity index (χ2n) is 2.84. The van der Waals surface area contributed by atoms with Gasteiger partial charge in [0.05, 0.1) is 0 Å². The van der Waals surface area contributed by atoms with Crippen LogP contribution >= 0.6 is 11.3 Å². The molecule has 1 nitrogen and oxygen atoms in total. The first-order valence-corrected chi connectivity index (χ1v) is 4.96. The Morgan fingerprint density at radius 1 is 1.31 bits per heavy atom. The van der Waals surface area contributed by atoms with E-state index in [-0.39, 0.29) is 12.4 Å². The molecule has 1 aromatic heterocycles. The Kier molecular flexibility index (Phi) is 2.29. The molecule has 2 aromatic rings. The Bertz CT molecular complexity index is 422. The number of rotatable bonds is 2. The molecule has 0 aliphatic rings. The van der Waals surface area contributed by atoms with Crippen LogP contribution in [0.2, 0.25) is 0 Å². The number of halogens is 1. The monoisotopic (exact) mass is 196 g/mol. The Hall–Kier alpha value is -0.930. The summed E-state index contributed by atoms with van der Waals surface area (Å²) in [4.78, 5) is 0. The Morgan fingerprint density at radius 3 is 2.92 bits per heavy atom. The van der Waals surface area contributed by atoms with Crippen LogP contribution in [0.1, 0.15) is 5.56 Å². The van der Waals surface area contributed by atoms with Crippen molar-refractivity contribution in [2.45, 2.75) is 6.42 Å². The topological polar surface area (TPSA) is 20.2 Å². The van der Waals surface area contributed by atoms with E-state index in [0.29, 0.717) is 17.4 Å². The number of hydrogen-bond acceptors (Lipinski definition) is 2. The minimum Gasteiger partial charge on any atom is -0.396 e. The summed E-state index contributed by atoms with van der Waals surface area (Å²) in [6.07, 6.45) is 0.387. The van der Waals surface area contributed by atoms with Crippen molar-refractivity contribution < 1.29 is 9.50 Å². The fourth-order valence-electron chi connectivity index (χ4n) is 1.37. The first kappa shape index (κ1) is 8.66. The van der Waals surface area contributed by atoms with Crippen LogP contribution in [0.4, 0.5) is 4.39 Å². The van der Waals surface area contributed by atoms with E-state index in [1.807, 2.05) is 11.4 Å². The molecular weight excluding hydrogens is 187 g/mol. The lowest BCUT2D eigenvalue weighted by molar-refractivity contribution is 0.298. The van der Waals surface area contributed by atoms with Crippen LogP contribution < -0.4 is 0 Å². The second kappa shape index (κ2) is 3.44. The summed E-state index contributed by atoms with van der Waals surface area (Å²) in [5.74, 6) is -0.187. The third-order valence-electron chi connectivity index (χ3n) is 2.03. The van der Waals surface area contributed by atoms with E-state index in [9.17, 15) is 4.39 Å². The molecule has 1 aromatic carbocycles. The van der Waals surface area contributed by atoms with Gasteiger partial charge in [-0.05, 0) is 29.5 Å². The van der Waals surface area contributed by atoms with Crippen LogP contribution in [-0.2, 0) is 6.42 Å². The molecule has 0 atom stereocenters. The number of benzene rings is 1. The first-order chi connectivity index (χ1) is 6.33. The van der Waals surface area contributed by atoms with Crippen LogP contribution in [0.3, 0.4) is 0 Å². The molecule has 0 amide bonds. The molecule has 13 heavy (non-hydrogen) atoms. The predicted octanol–water partition coefficient (Wildman–Crippen LogP) is 2.58. The molecular formula is C10H9FOS. The summed E-state index contributed by atoms with van der Waals surface area (Å²) in [5, 5.41) is 11.2. The van der Waals surface area contributed by atoms with Gasteiger partial charge in [-0.3, -0.25) is 0 Å². The molecule has 1 N–H and O–H groups in total. The van der Waals surface area contributed by atoms with Crippen molar-refractivity contribution in [2.75, 3.05) is 6.61 Å². The van der Waals surface area contributed by atoms with Crippen LogP contribution in [0.15, 0.2) is 23.6 Å². The van der Waals surface area contributed by atoms with Gasteiger partial charge in [0.15, 0.2) is 0 Å². The van der Waals surface area contributed by atoms with Crippen LogP contribution in [-0.4, -0.2) is 11.7 Å². The number of hydrogen-bond donors (Lipinski definition) is 1. The molecule has 0 spiro atoms. The van der Waals surface area contributed by atoms with Gasteiger partial charge in [-0.25, -0.2) is 4.39 Å². The lowest BCUT2D eigenvalue weighted by Crippen LogP contribution is -1.94. The van der Waals surface area contributed by atoms with E-state index in [0.717, 1.165) is 4.70 Å². The zero-order chi connectivity index (χ0) is 9.26. The van der Waals surface area contributed by atoms with Gasteiger partial charge in [-0.2, -0.15) is 0 Å². The summed E-state index contributed by atoms with van der Waals surface area (Å²) >= 11 is 1.53. The fourth-order valence-corrected chi connectivity index (χ4v) is 2.15. The molecule has 0 bridgehead atoms. The Balaban J connectivity index is 2.59. The summed E-state index contributed by atoms with van der Waals surface area (Å²) in [7, 11) is 0.